The predicted molar refractivity (Wildman–Crippen MR) is 74.3 cm³/mol. The van der Waals surface area contributed by atoms with Gasteiger partial charge in [0.2, 0.25) is 5.91 Å². The van der Waals surface area contributed by atoms with Crippen molar-refractivity contribution in [2.75, 3.05) is 6.61 Å². The first kappa shape index (κ1) is 15.9. The average molecular weight is 281 g/mol. The second-order valence-corrected chi connectivity index (χ2v) is 4.96. The van der Waals surface area contributed by atoms with Crippen LogP contribution in [0.2, 0.25) is 0 Å². The lowest BCUT2D eigenvalue weighted by atomic mass is 9.97. The van der Waals surface area contributed by atoms with Crippen molar-refractivity contribution in [3.05, 3.63) is 33.9 Å². The Kier molecular flexibility index (Phi) is 5.04. The van der Waals surface area contributed by atoms with Gasteiger partial charge < -0.3 is 16.2 Å². The summed E-state index contributed by atoms with van der Waals surface area (Å²) in [7, 11) is 0. The number of primary amides is 1. The van der Waals surface area contributed by atoms with Gasteiger partial charge in [0.25, 0.3) is 0 Å². The first-order valence-electron chi connectivity index (χ1n) is 6.20. The number of nitro benzene ring substituents is 1. The molecule has 0 aliphatic rings. The summed E-state index contributed by atoms with van der Waals surface area (Å²) in [6.07, 6.45) is 0.822. The van der Waals surface area contributed by atoms with E-state index in [0.29, 0.717) is 12.8 Å². The van der Waals surface area contributed by atoms with E-state index < -0.39 is 16.4 Å². The summed E-state index contributed by atoms with van der Waals surface area (Å²) in [6.45, 7) is 3.59. The Morgan fingerprint density at radius 3 is 2.70 bits per heavy atom. The fraction of sp³-hybridized carbons (Fsp3) is 0.462. The standard InChI is InChI=1S/C13H19N3O4/c1-9-4-5-10(16(18)19)11(8-9)20-7-3-6-13(2,15)12(14)17/h4-5,8H,3,6-7,15H2,1-2H3,(H2,14,17). The van der Waals surface area contributed by atoms with Gasteiger partial charge in [0.1, 0.15) is 0 Å². The number of carbonyl (C=O) groups is 1. The van der Waals surface area contributed by atoms with Crippen molar-refractivity contribution in [3.63, 3.8) is 0 Å². The highest BCUT2D eigenvalue weighted by atomic mass is 16.6. The Labute approximate surface area is 117 Å². The van der Waals surface area contributed by atoms with Gasteiger partial charge in [-0.15, -0.1) is 0 Å². The summed E-state index contributed by atoms with van der Waals surface area (Å²) in [4.78, 5) is 21.4. The summed E-state index contributed by atoms with van der Waals surface area (Å²) in [6, 6.07) is 4.66. The highest BCUT2D eigenvalue weighted by Crippen LogP contribution is 2.28. The highest BCUT2D eigenvalue weighted by Gasteiger charge is 2.25. The van der Waals surface area contributed by atoms with E-state index in [1.54, 1.807) is 19.1 Å². The number of nitrogens with zero attached hydrogens (tertiary/aromatic N) is 1. The quantitative estimate of drug-likeness (QED) is 0.442. The number of nitro groups is 1. The van der Waals surface area contributed by atoms with Crippen molar-refractivity contribution in [2.45, 2.75) is 32.2 Å². The topological polar surface area (TPSA) is 121 Å². The van der Waals surface area contributed by atoms with Crippen molar-refractivity contribution in [1.29, 1.82) is 0 Å². The first-order valence-corrected chi connectivity index (χ1v) is 6.20. The van der Waals surface area contributed by atoms with E-state index >= 15 is 0 Å². The van der Waals surface area contributed by atoms with Gasteiger partial charge in [0.15, 0.2) is 5.75 Å². The maximum Gasteiger partial charge on any atom is 0.310 e. The molecule has 0 aliphatic carbocycles. The normalized spacial score (nSPS) is 13.6. The van der Waals surface area contributed by atoms with Crippen LogP contribution in [0.25, 0.3) is 0 Å². The molecular weight excluding hydrogens is 262 g/mol. The minimum Gasteiger partial charge on any atom is -0.487 e. The van der Waals surface area contributed by atoms with E-state index in [9.17, 15) is 14.9 Å². The number of hydrogen-bond acceptors (Lipinski definition) is 5. The third-order valence-electron chi connectivity index (χ3n) is 2.97. The van der Waals surface area contributed by atoms with Crippen molar-refractivity contribution < 1.29 is 14.5 Å². The van der Waals surface area contributed by atoms with Gasteiger partial charge >= 0.3 is 5.69 Å². The van der Waals surface area contributed by atoms with E-state index in [2.05, 4.69) is 0 Å². The molecule has 0 fully saturated rings. The predicted octanol–water partition coefficient (Wildman–Crippen LogP) is 1.26. The minimum absolute atomic E-state index is 0.0824. The number of amides is 1. The van der Waals surface area contributed by atoms with Crippen LogP contribution in [0.4, 0.5) is 5.69 Å². The van der Waals surface area contributed by atoms with Crippen molar-refractivity contribution in [3.8, 4) is 5.75 Å². The molecule has 0 aliphatic heterocycles. The molecule has 1 aromatic rings. The lowest BCUT2D eigenvalue weighted by Crippen LogP contribution is -2.49. The number of hydrogen-bond donors (Lipinski definition) is 2. The monoisotopic (exact) mass is 281 g/mol. The zero-order valence-electron chi connectivity index (χ0n) is 11.6. The average Bonchev–Trinajstić information content (AvgIpc) is 2.34. The number of carbonyl (C=O) groups excluding carboxylic acids is 1. The molecule has 7 nitrogen and oxygen atoms in total. The molecular formula is C13H19N3O4. The number of aryl methyl sites for hydroxylation is 1. The van der Waals surface area contributed by atoms with Crippen LogP contribution in [0.3, 0.4) is 0 Å². The fourth-order valence-corrected chi connectivity index (χ4v) is 1.63. The maximum atomic E-state index is 11.0. The Balaban J connectivity index is 2.60. The SMILES string of the molecule is Cc1ccc([N+](=O)[O-])c(OCCCC(C)(N)C(N)=O)c1. The number of ether oxygens (including phenoxy) is 1. The molecule has 1 atom stereocenters. The maximum absolute atomic E-state index is 11.0. The molecule has 7 heteroatoms. The van der Waals surface area contributed by atoms with Crippen molar-refractivity contribution >= 4 is 11.6 Å². The van der Waals surface area contributed by atoms with Gasteiger partial charge in [-0.25, -0.2) is 0 Å². The summed E-state index contributed by atoms with van der Waals surface area (Å²) in [5.74, 6) is -0.369. The molecule has 1 rings (SSSR count). The molecule has 0 saturated carbocycles. The second kappa shape index (κ2) is 6.33. The Bertz CT molecular complexity index is 514. The first-order chi connectivity index (χ1) is 9.24. The van der Waals surface area contributed by atoms with Crippen LogP contribution in [-0.2, 0) is 4.79 Å². The van der Waals surface area contributed by atoms with Crippen molar-refractivity contribution in [1.82, 2.24) is 0 Å². The molecule has 0 radical (unpaired) electrons. The second-order valence-electron chi connectivity index (χ2n) is 4.96. The molecule has 4 N–H and O–H groups in total. The minimum atomic E-state index is -1.10. The van der Waals surface area contributed by atoms with E-state index in [0.717, 1.165) is 5.56 Å². The molecule has 1 unspecified atom stereocenters. The van der Waals surface area contributed by atoms with Gasteiger partial charge in [-0.1, -0.05) is 6.07 Å². The number of rotatable bonds is 7. The Hall–Kier alpha value is -2.15. The van der Waals surface area contributed by atoms with E-state index in [-0.39, 0.29) is 18.0 Å². The summed E-state index contributed by atoms with van der Waals surface area (Å²) >= 11 is 0. The van der Waals surface area contributed by atoms with Gasteiger partial charge in [-0.3, -0.25) is 14.9 Å². The van der Waals surface area contributed by atoms with Gasteiger partial charge in [0, 0.05) is 6.07 Å². The van der Waals surface area contributed by atoms with E-state index in [1.165, 1.54) is 6.07 Å². The molecule has 20 heavy (non-hydrogen) atoms. The van der Waals surface area contributed by atoms with Crippen LogP contribution in [0.1, 0.15) is 25.3 Å². The van der Waals surface area contributed by atoms with Crippen LogP contribution < -0.4 is 16.2 Å². The number of nitrogens with two attached hydrogens (primary N) is 2. The van der Waals surface area contributed by atoms with Crippen LogP contribution in [-0.4, -0.2) is 23.0 Å². The molecule has 0 spiro atoms. The van der Waals surface area contributed by atoms with Crippen LogP contribution in [0, 0.1) is 17.0 Å². The molecule has 0 saturated heterocycles. The van der Waals surface area contributed by atoms with Crippen LogP contribution in [0.5, 0.6) is 5.75 Å². The van der Waals surface area contributed by atoms with Crippen molar-refractivity contribution in [2.24, 2.45) is 11.5 Å². The zero-order valence-corrected chi connectivity index (χ0v) is 11.6. The van der Waals surface area contributed by atoms with Gasteiger partial charge in [0.05, 0.1) is 17.1 Å². The molecule has 1 amide bonds. The van der Waals surface area contributed by atoms with Crippen LogP contribution >= 0.6 is 0 Å². The van der Waals surface area contributed by atoms with Crippen LogP contribution in [0.15, 0.2) is 18.2 Å². The molecule has 0 heterocycles. The third kappa shape index (κ3) is 4.20. The summed E-state index contributed by atoms with van der Waals surface area (Å²) in [5.41, 5.74) is 10.5. The molecule has 0 aromatic heterocycles. The summed E-state index contributed by atoms with van der Waals surface area (Å²) < 4.78 is 5.41. The van der Waals surface area contributed by atoms with E-state index in [1.807, 2.05) is 6.92 Å². The fourth-order valence-electron chi connectivity index (χ4n) is 1.63. The lowest BCUT2D eigenvalue weighted by molar-refractivity contribution is -0.385. The number of benzene rings is 1. The Morgan fingerprint density at radius 2 is 2.15 bits per heavy atom. The van der Waals surface area contributed by atoms with Gasteiger partial charge in [-0.05, 0) is 38.3 Å². The lowest BCUT2D eigenvalue weighted by Gasteiger charge is -2.20. The highest BCUT2D eigenvalue weighted by molar-refractivity contribution is 5.83. The molecule has 110 valence electrons. The molecule has 1 aromatic carbocycles. The van der Waals surface area contributed by atoms with Gasteiger partial charge in [-0.2, -0.15) is 0 Å². The largest absolute Gasteiger partial charge is 0.487 e. The Morgan fingerprint density at radius 1 is 1.50 bits per heavy atom. The third-order valence-corrected chi connectivity index (χ3v) is 2.97. The smallest absolute Gasteiger partial charge is 0.310 e. The summed E-state index contributed by atoms with van der Waals surface area (Å²) in [5, 5.41) is 10.9. The zero-order chi connectivity index (χ0) is 15.3. The molecule has 0 bridgehead atoms. The van der Waals surface area contributed by atoms with E-state index in [4.69, 9.17) is 16.2 Å².